The van der Waals surface area contributed by atoms with E-state index in [0.29, 0.717) is 5.92 Å². The molecule has 1 aromatic carbocycles. The van der Waals surface area contributed by atoms with Gasteiger partial charge in [-0.1, -0.05) is 39.0 Å². The smallest absolute Gasteiger partial charge is 0.317 e. The van der Waals surface area contributed by atoms with Gasteiger partial charge < -0.3 is 10.2 Å². The summed E-state index contributed by atoms with van der Waals surface area (Å²) in [6, 6.07) is 12.3. The quantitative estimate of drug-likeness (QED) is 0.661. The van der Waals surface area contributed by atoms with Crippen molar-refractivity contribution in [2.24, 2.45) is 5.92 Å². The summed E-state index contributed by atoms with van der Waals surface area (Å²) < 4.78 is 0. The first-order chi connectivity index (χ1) is 11.5. The van der Waals surface area contributed by atoms with E-state index in [2.05, 4.69) is 56.6 Å². The molecule has 0 saturated carbocycles. The van der Waals surface area contributed by atoms with Crippen LogP contribution in [0.3, 0.4) is 0 Å². The molecule has 0 aliphatic heterocycles. The molecule has 2 amide bonds. The van der Waals surface area contributed by atoms with Crippen molar-refractivity contribution in [3.05, 3.63) is 52.2 Å². The molecule has 1 atom stereocenters. The Hall–Kier alpha value is -1.81. The van der Waals surface area contributed by atoms with Crippen LogP contribution in [0.15, 0.2) is 41.8 Å². The highest BCUT2D eigenvalue weighted by atomic mass is 32.1. The fourth-order valence-corrected chi connectivity index (χ4v) is 3.37. The number of hydrogen-bond donors (Lipinski definition) is 1. The van der Waals surface area contributed by atoms with Gasteiger partial charge in [0, 0.05) is 17.1 Å². The SMILES string of the molecule is CCc1ccc(NC(=O)N(CCC(C)C)[C@@H](C)c2cccs2)cc1. The minimum atomic E-state index is -0.0270. The van der Waals surface area contributed by atoms with E-state index in [-0.39, 0.29) is 12.1 Å². The first-order valence-corrected chi connectivity index (χ1v) is 9.59. The van der Waals surface area contributed by atoms with Gasteiger partial charge in [0.1, 0.15) is 0 Å². The average molecular weight is 345 g/mol. The summed E-state index contributed by atoms with van der Waals surface area (Å²) in [4.78, 5) is 16.0. The van der Waals surface area contributed by atoms with Gasteiger partial charge in [0.25, 0.3) is 0 Å². The zero-order chi connectivity index (χ0) is 17.5. The number of hydrogen-bond acceptors (Lipinski definition) is 2. The Balaban J connectivity index is 2.10. The van der Waals surface area contributed by atoms with Crippen LogP contribution in [0.4, 0.5) is 10.5 Å². The molecule has 1 heterocycles. The third-order valence-electron chi connectivity index (χ3n) is 4.24. The Morgan fingerprint density at radius 2 is 1.88 bits per heavy atom. The van der Waals surface area contributed by atoms with Gasteiger partial charge in [-0.05, 0) is 54.8 Å². The van der Waals surface area contributed by atoms with Crippen LogP contribution in [0.5, 0.6) is 0 Å². The van der Waals surface area contributed by atoms with Crippen LogP contribution in [-0.2, 0) is 6.42 Å². The molecule has 0 bridgehead atoms. The molecular formula is C20H28N2OS. The molecule has 0 aliphatic rings. The van der Waals surface area contributed by atoms with E-state index in [1.165, 1.54) is 10.4 Å². The van der Waals surface area contributed by atoms with E-state index >= 15 is 0 Å². The van der Waals surface area contributed by atoms with E-state index in [0.717, 1.165) is 25.1 Å². The van der Waals surface area contributed by atoms with Crippen molar-refractivity contribution >= 4 is 23.1 Å². The lowest BCUT2D eigenvalue weighted by atomic mass is 10.1. The minimum absolute atomic E-state index is 0.0270. The maximum absolute atomic E-state index is 12.8. The third-order valence-corrected chi connectivity index (χ3v) is 5.29. The van der Waals surface area contributed by atoms with Crippen LogP contribution in [0.2, 0.25) is 0 Å². The predicted octanol–water partition coefficient (Wildman–Crippen LogP) is 5.95. The summed E-state index contributed by atoms with van der Waals surface area (Å²) in [5.41, 5.74) is 2.13. The fraction of sp³-hybridized carbons (Fsp3) is 0.450. The Kier molecular flexibility index (Phi) is 6.85. The first kappa shape index (κ1) is 18.5. The molecule has 3 nitrogen and oxygen atoms in total. The molecule has 24 heavy (non-hydrogen) atoms. The summed E-state index contributed by atoms with van der Waals surface area (Å²) >= 11 is 1.70. The lowest BCUT2D eigenvalue weighted by molar-refractivity contribution is 0.190. The number of rotatable bonds is 7. The van der Waals surface area contributed by atoms with Gasteiger partial charge in [-0.2, -0.15) is 0 Å². The first-order valence-electron chi connectivity index (χ1n) is 8.71. The summed E-state index contributed by atoms with van der Waals surface area (Å²) in [5, 5.41) is 5.11. The van der Waals surface area contributed by atoms with E-state index in [1.807, 2.05) is 23.1 Å². The number of carbonyl (C=O) groups is 1. The average Bonchev–Trinajstić information content (AvgIpc) is 3.09. The Morgan fingerprint density at radius 1 is 1.17 bits per heavy atom. The van der Waals surface area contributed by atoms with Gasteiger partial charge in [-0.25, -0.2) is 4.79 Å². The van der Waals surface area contributed by atoms with Crippen LogP contribution >= 0.6 is 11.3 Å². The number of urea groups is 1. The lowest BCUT2D eigenvalue weighted by Gasteiger charge is -2.29. The van der Waals surface area contributed by atoms with E-state index in [4.69, 9.17) is 0 Å². The number of aryl methyl sites for hydroxylation is 1. The van der Waals surface area contributed by atoms with Crippen LogP contribution in [0, 0.1) is 5.92 Å². The van der Waals surface area contributed by atoms with Crippen LogP contribution < -0.4 is 5.32 Å². The van der Waals surface area contributed by atoms with Crippen molar-refractivity contribution in [1.82, 2.24) is 4.90 Å². The van der Waals surface area contributed by atoms with Crippen LogP contribution in [0.25, 0.3) is 0 Å². The molecule has 0 spiro atoms. The Labute approximate surface area is 149 Å². The highest BCUT2D eigenvalue weighted by Gasteiger charge is 2.22. The van der Waals surface area contributed by atoms with E-state index < -0.39 is 0 Å². The van der Waals surface area contributed by atoms with Crippen molar-refractivity contribution in [3.63, 3.8) is 0 Å². The largest absolute Gasteiger partial charge is 0.322 e. The highest BCUT2D eigenvalue weighted by molar-refractivity contribution is 7.10. The number of nitrogens with one attached hydrogen (secondary N) is 1. The molecule has 1 aromatic heterocycles. The molecule has 4 heteroatoms. The number of nitrogens with zero attached hydrogens (tertiary/aromatic N) is 1. The number of benzene rings is 1. The lowest BCUT2D eigenvalue weighted by Crippen LogP contribution is -2.38. The third kappa shape index (κ3) is 5.10. The second kappa shape index (κ2) is 8.88. The number of thiophene rings is 1. The molecule has 0 fully saturated rings. The normalized spacial score (nSPS) is 12.2. The number of amides is 2. The molecule has 2 rings (SSSR count). The second-order valence-electron chi connectivity index (χ2n) is 6.55. The fourth-order valence-electron chi connectivity index (χ4n) is 2.57. The highest BCUT2D eigenvalue weighted by Crippen LogP contribution is 2.26. The molecule has 2 aromatic rings. The summed E-state index contributed by atoms with van der Waals surface area (Å²) in [6.45, 7) is 9.37. The summed E-state index contributed by atoms with van der Waals surface area (Å²) in [6.07, 6.45) is 2.00. The van der Waals surface area contributed by atoms with Crippen molar-refractivity contribution in [2.45, 2.75) is 46.6 Å². The molecule has 0 radical (unpaired) electrons. The molecule has 1 N–H and O–H groups in total. The predicted molar refractivity (Wildman–Crippen MR) is 104 cm³/mol. The number of carbonyl (C=O) groups excluding carboxylic acids is 1. The Bertz CT molecular complexity index is 620. The molecule has 0 aliphatic carbocycles. The van der Waals surface area contributed by atoms with Gasteiger partial charge in [0.05, 0.1) is 6.04 Å². The summed E-state index contributed by atoms with van der Waals surface area (Å²) in [5.74, 6) is 0.569. The zero-order valence-electron chi connectivity index (χ0n) is 15.1. The van der Waals surface area contributed by atoms with Gasteiger partial charge in [0.2, 0.25) is 0 Å². The van der Waals surface area contributed by atoms with E-state index in [9.17, 15) is 4.79 Å². The molecule has 130 valence electrons. The van der Waals surface area contributed by atoms with Crippen molar-refractivity contribution in [1.29, 1.82) is 0 Å². The van der Waals surface area contributed by atoms with Gasteiger partial charge >= 0.3 is 6.03 Å². The van der Waals surface area contributed by atoms with Gasteiger partial charge in [-0.15, -0.1) is 11.3 Å². The van der Waals surface area contributed by atoms with E-state index in [1.54, 1.807) is 11.3 Å². The monoisotopic (exact) mass is 344 g/mol. The number of anilines is 1. The standard InChI is InChI=1S/C20H28N2OS/c1-5-17-8-10-18(11-9-17)21-20(23)22(13-12-15(2)3)16(4)19-7-6-14-24-19/h6-11,14-16H,5,12-13H2,1-4H3,(H,21,23)/t16-/m0/s1. The molecular weight excluding hydrogens is 316 g/mol. The van der Waals surface area contributed by atoms with Gasteiger partial charge in [-0.3, -0.25) is 0 Å². The second-order valence-corrected chi connectivity index (χ2v) is 7.53. The maximum Gasteiger partial charge on any atom is 0.322 e. The topological polar surface area (TPSA) is 32.3 Å². The van der Waals surface area contributed by atoms with Crippen molar-refractivity contribution < 1.29 is 4.79 Å². The molecule has 0 unspecified atom stereocenters. The Morgan fingerprint density at radius 3 is 2.42 bits per heavy atom. The maximum atomic E-state index is 12.8. The minimum Gasteiger partial charge on any atom is -0.317 e. The zero-order valence-corrected chi connectivity index (χ0v) is 15.9. The molecule has 0 saturated heterocycles. The van der Waals surface area contributed by atoms with Crippen molar-refractivity contribution in [3.8, 4) is 0 Å². The summed E-state index contributed by atoms with van der Waals surface area (Å²) in [7, 11) is 0. The van der Waals surface area contributed by atoms with Crippen molar-refractivity contribution in [2.75, 3.05) is 11.9 Å². The van der Waals surface area contributed by atoms with Gasteiger partial charge in [0.15, 0.2) is 0 Å². The van der Waals surface area contributed by atoms with Crippen LogP contribution in [0.1, 0.15) is 50.6 Å². The van der Waals surface area contributed by atoms with Crippen LogP contribution in [-0.4, -0.2) is 17.5 Å².